The predicted octanol–water partition coefficient (Wildman–Crippen LogP) is 4.00. The standard InChI is InChI=1S/C22H21F2N5O3S/c1-32-9-10-33(30,31)17-4-2-3-15(11-17)19(5-6-20(23)24)29-13-16(12-28-29)21-18-7-8-25-22(18)27-14-26-21/h2-4,6-8,11-14,19H,5,9-10H2,1H3,(H,25,26,27). The largest absolute Gasteiger partial charge is 0.384 e. The van der Waals surface area contributed by atoms with Crippen molar-refractivity contribution < 1.29 is 21.9 Å². The number of aromatic amines is 1. The molecule has 8 nitrogen and oxygen atoms in total. The third-order valence-electron chi connectivity index (χ3n) is 5.20. The molecule has 33 heavy (non-hydrogen) atoms. The number of allylic oxidation sites excluding steroid dienone is 1. The second kappa shape index (κ2) is 9.59. The highest BCUT2D eigenvalue weighted by Gasteiger charge is 2.20. The number of benzene rings is 1. The molecule has 0 aliphatic rings. The van der Waals surface area contributed by atoms with Gasteiger partial charge in [-0.1, -0.05) is 12.1 Å². The van der Waals surface area contributed by atoms with E-state index in [0.717, 1.165) is 11.5 Å². The molecular weight excluding hydrogens is 452 g/mol. The highest BCUT2D eigenvalue weighted by atomic mass is 32.2. The summed E-state index contributed by atoms with van der Waals surface area (Å²) in [6.07, 6.45) is 5.38. The van der Waals surface area contributed by atoms with Crippen molar-refractivity contribution in [1.82, 2.24) is 24.7 Å². The minimum absolute atomic E-state index is 0.0564. The first-order valence-electron chi connectivity index (χ1n) is 10.0. The summed E-state index contributed by atoms with van der Waals surface area (Å²) < 4.78 is 57.5. The number of hydrogen-bond acceptors (Lipinski definition) is 6. The van der Waals surface area contributed by atoms with E-state index < -0.39 is 22.0 Å². The van der Waals surface area contributed by atoms with Crippen molar-refractivity contribution in [2.45, 2.75) is 17.4 Å². The zero-order valence-electron chi connectivity index (χ0n) is 17.6. The van der Waals surface area contributed by atoms with Gasteiger partial charge in [0.1, 0.15) is 12.0 Å². The molecule has 0 saturated heterocycles. The van der Waals surface area contributed by atoms with Gasteiger partial charge in [-0.25, -0.2) is 18.4 Å². The molecule has 0 aliphatic heterocycles. The van der Waals surface area contributed by atoms with Crippen LogP contribution in [0.5, 0.6) is 0 Å². The van der Waals surface area contributed by atoms with Crippen LogP contribution in [-0.2, 0) is 14.6 Å². The van der Waals surface area contributed by atoms with E-state index >= 15 is 0 Å². The lowest BCUT2D eigenvalue weighted by Crippen LogP contribution is -2.14. The van der Waals surface area contributed by atoms with E-state index in [-0.39, 0.29) is 23.7 Å². The third-order valence-corrected chi connectivity index (χ3v) is 6.88. The second-order valence-electron chi connectivity index (χ2n) is 7.30. The molecule has 0 radical (unpaired) electrons. The number of fused-ring (bicyclic) bond motifs is 1. The molecule has 0 fully saturated rings. The van der Waals surface area contributed by atoms with Crippen LogP contribution >= 0.6 is 0 Å². The Kier molecular flexibility index (Phi) is 6.61. The van der Waals surface area contributed by atoms with Gasteiger partial charge >= 0.3 is 0 Å². The minimum Gasteiger partial charge on any atom is -0.384 e. The van der Waals surface area contributed by atoms with Crippen molar-refractivity contribution in [1.29, 1.82) is 0 Å². The summed E-state index contributed by atoms with van der Waals surface area (Å²) in [5, 5.41) is 5.18. The number of aromatic nitrogens is 5. The van der Waals surface area contributed by atoms with Crippen LogP contribution in [0, 0.1) is 0 Å². The highest BCUT2D eigenvalue weighted by Crippen LogP contribution is 2.29. The van der Waals surface area contributed by atoms with Crippen LogP contribution in [0.2, 0.25) is 0 Å². The van der Waals surface area contributed by atoms with Crippen molar-refractivity contribution in [3.05, 3.63) is 73.0 Å². The molecule has 1 N–H and O–H groups in total. The van der Waals surface area contributed by atoms with Crippen LogP contribution in [0.4, 0.5) is 8.78 Å². The van der Waals surface area contributed by atoms with Crippen LogP contribution in [-0.4, -0.2) is 52.6 Å². The molecule has 172 valence electrons. The van der Waals surface area contributed by atoms with Crippen molar-refractivity contribution >= 4 is 20.9 Å². The van der Waals surface area contributed by atoms with Gasteiger partial charge in [0.05, 0.1) is 35.2 Å². The molecule has 11 heteroatoms. The predicted molar refractivity (Wildman–Crippen MR) is 119 cm³/mol. The van der Waals surface area contributed by atoms with Crippen LogP contribution in [0.15, 0.2) is 72.3 Å². The van der Waals surface area contributed by atoms with E-state index in [9.17, 15) is 17.2 Å². The molecule has 0 bridgehead atoms. The molecule has 1 aromatic carbocycles. The van der Waals surface area contributed by atoms with Crippen molar-refractivity contribution in [2.24, 2.45) is 0 Å². The maximum absolute atomic E-state index is 12.9. The maximum atomic E-state index is 12.9. The molecule has 0 amide bonds. The van der Waals surface area contributed by atoms with Crippen LogP contribution in [0.25, 0.3) is 22.3 Å². The summed E-state index contributed by atoms with van der Waals surface area (Å²) >= 11 is 0. The number of nitrogens with zero attached hydrogens (tertiary/aromatic N) is 4. The summed E-state index contributed by atoms with van der Waals surface area (Å²) in [5.74, 6) is -0.178. The number of halogens is 2. The Morgan fingerprint density at radius 1 is 1.27 bits per heavy atom. The van der Waals surface area contributed by atoms with Gasteiger partial charge in [0.15, 0.2) is 9.84 Å². The Morgan fingerprint density at radius 2 is 2.12 bits per heavy atom. The SMILES string of the molecule is COCCS(=O)(=O)c1cccc(C(CC=C(F)F)n2cc(-c3ncnc4[nH]ccc34)cn2)c1. The first-order chi connectivity index (χ1) is 15.9. The van der Waals surface area contributed by atoms with Gasteiger partial charge in [-0.15, -0.1) is 0 Å². The van der Waals surface area contributed by atoms with Gasteiger partial charge in [-0.2, -0.15) is 13.9 Å². The number of ether oxygens (including phenoxy) is 1. The average Bonchev–Trinajstić information content (AvgIpc) is 3.48. The molecular formula is C22H21F2N5O3S. The maximum Gasteiger partial charge on any atom is 0.266 e. The number of rotatable bonds is 9. The van der Waals surface area contributed by atoms with Gasteiger partial charge in [0.25, 0.3) is 6.08 Å². The monoisotopic (exact) mass is 473 g/mol. The molecule has 1 unspecified atom stereocenters. The molecule has 0 spiro atoms. The van der Waals surface area contributed by atoms with Gasteiger partial charge in [-0.05, 0) is 36.3 Å². The summed E-state index contributed by atoms with van der Waals surface area (Å²) in [5.41, 5.74) is 2.53. The van der Waals surface area contributed by atoms with Crippen molar-refractivity contribution in [3.63, 3.8) is 0 Å². The topological polar surface area (TPSA) is 103 Å². The summed E-state index contributed by atoms with van der Waals surface area (Å²) in [6.45, 7) is 0.0564. The van der Waals surface area contributed by atoms with Gasteiger partial charge in [0.2, 0.25) is 0 Å². The Hall–Kier alpha value is -3.44. The molecule has 3 heterocycles. The van der Waals surface area contributed by atoms with E-state index in [1.165, 1.54) is 30.3 Å². The number of sulfone groups is 1. The minimum atomic E-state index is -3.59. The van der Waals surface area contributed by atoms with Gasteiger partial charge in [0, 0.05) is 30.5 Å². The Labute approximate surface area is 188 Å². The fourth-order valence-corrected chi connectivity index (χ4v) is 4.78. The first-order valence-corrected chi connectivity index (χ1v) is 11.7. The van der Waals surface area contributed by atoms with Crippen LogP contribution in [0.1, 0.15) is 18.0 Å². The Bertz CT molecular complexity index is 1390. The van der Waals surface area contributed by atoms with Crippen molar-refractivity contribution in [3.8, 4) is 11.3 Å². The van der Waals surface area contributed by atoms with Gasteiger partial charge in [-0.3, -0.25) is 4.68 Å². The van der Waals surface area contributed by atoms with E-state index in [4.69, 9.17) is 4.74 Å². The lowest BCUT2D eigenvalue weighted by atomic mass is 10.0. The van der Waals surface area contributed by atoms with Crippen LogP contribution < -0.4 is 0 Å². The molecule has 0 aliphatic carbocycles. The fourth-order valence-electron chi connectivity index (χ4n) is 3.56. The summed E-state index contributed by atoms with van der Waals surface area (Å²) in [7, 11) is -2.16. The lowest BCUT2D eigenvalue weighted by molar-refractivity contribution is 0.217. The number of methoxy groups -OCH3 is 1. The molecule has 3 aromatic heterocycles. The molecule has 4 rings (SSSR count). The van der Waals surface area contributed by atoms with Crippen molar-refractivity contribution in [2.75, 3.05) is 19.5 Å². The smallest absolute Gasteiger partial charge is 0.266 e. The number of nitrogens with one attached hydrogen (secondary N) is 1. The average molecular weight is 474 g/mol. The Balaban J connectivity index is 1.73. The lowest BCUT2D eigenvalue weighted by Gasteiger charge is -2.17. The normalized spacial score (nSPS) is 12.7. The van der Waals surface area contributed by atoms with E-state index in [2.05, 4.69) is 20.1 Å². The van der Waals surface area contributed by atoms with E-state index in [1.54, 1.807) is 30.7 Å². The van der Waals surface area contributed by atoms with E-state index in [1.807, 2.05) is 6.07 Å². The summed E-state index contributed by atoms with van der Waals surface area (Å²) in [4.78, 5) is 11.6. The molecule has 0 saturated carbocycles. The zero-order chi connectivity index (χ0) is 23.4. The first kappa shape index (κ1) is 22.7. The number of hydrogen-bond donors (Lipinski definition) is 1. The fraction of sp³-hybridized carbons (Fsp3) is 0.227. The zero-order valence-corrected chi connectivity index (χ0v) is 18.5. The Morgan fingerprint density at radius 3 is 2.91 bits per heavy atom. The second-order valence-corrected chi connectivity index (χ2v) is 9.41. The van der Waals surface area contributed by atoms with Crippen LogP contribution in [0.3, 0.4) is 0 Å². The number of H-pyrrole nitrogens is 1. The molecule has 1 atom stereocenters. The highest BCUT2D eigenvalue weighted by molar-refractivity contribution is 7.91. The van der Waals surface area contributed by atoms with E-state index in [0.29, 0.717) is 22.5 Å². The quantitative estimate of drug-likeness (QED) is 0.394. The van der Waals surface area contributed by atoms with Gasteiger partial charge < -0.3 is 9.72 Å². The molecule has 4 aromatic rings. The third kappa shape index (κ3) is 4.99. The summed E-state index contributed by atoms with van der Waals surface area (Å²) in [6, 6.07) is 7.46.